The molecule has 0 radical (unpaired) electrons. The molecule has 0 aliphatic rings. The fraction of sp³-hybridized carbons (Fsp3) is 0.154. The zero-order chi connectivity index (χ0) is 13.4. The zero-order valence-electron chi connectivity index (χ0n) is 10.5. The van der Waals surface area contributed by atoms with Crippen molar-refractivity contribution in [2.24, 2.45) is 0 Å². The quantitative estimate of drug-likeness (QED) is 0.752. The van der Waals surface area contributed by atoms with Gasteiger partial charge in [0.2, 0.25) is 0 Å². The highest BCUT2D eigenvalue weighted by Crippen LogP contribution is 2.23. The van der Waals surface area contributed by atoms with E-state index in [-0.39, 0.29) is 5.56 Å². The van der Waals surface area contributed by atoms with E-state index in [4.69, 9.17) is 4.74 Å². The second-order valence-corrected chi connectivity index (χ2v) is 4.12. The molecule has 2 aromatic heterocycles. The number of aryl methyl sites for hydroxylation is 1. The lowest BCUT2D eigenvalue weighted by Gasteiger charge is -2.08. The molecule has 0 saturated carbocycles. The maximum atomic E-state index is 11.8. The maximum absolute atomic E-state index is 11.8. The van der Waals surface area contributed by atoms with Gasteiger partial charge in [0.15, 0.2) is 5.65 Å². The van der Waals surface area contributed by atoms with Crippen LogP contribution in [-0.2, 0) is 0 Å². The van der Waals surface area contributed by atoms with Crippen molar-refractivity contribution in [3.63, 3.8) is 0 Å². The highest BCUT2D eigenvalue weighted by molar-refractivity contribution is 5.75. The van der Waals surface area contributed by atoms with Gasteiger partial charge >= 0.3 is 0 Å². The molecule has 6 heteroatoms. The number of methoxy groups -OCH3 is 1. The molecule has 0 unspecified atom stereocenters. The lowest BCUT2D eigenvalue weighted by atomic mass is 10.3. The van der Waals surface area contributed by atoms with Crippen LogP contribution in [0.15, 0.2) is 35.3 Å². The van der Waals surface area contributed by atoms with E-state index in [1.807, 2.05) is 24.3 Å². The zero-order valence-corrected chi connectivity index (χ0v) is 10.5. The summed E-state index contributed by atoms with van der Waals surface area (Å²) in [5, 5.41) is 4.69. The van der Waals surface area contributed by atoms with Crippen LogP contribution in [0.2, 0.25) is 0 Å². The molecule has 0 aliphatic carbocycles. The van der Waals surface area contributed by atoms with Gasteiger partial charge in [0.05, 0.1) is 13.3 Å². The Morgan fingerprint density at radius 3 is 2.89 bits per heavy atom. The van der Waals surface area contributed by atoms with Crippen LogP contribution in [0.5, 0.6) is 5.75 Å². The summed E-state index contributed by atoms with van der Waals surface area (Å²) >= 11 is 0. The minimum Gasteiger partial charge on any atom is -0.494 e. The second kappa shape index (κ2) is 4.24. The molecular weight excluding hydrogens is 244 g/mol. The van der Waals surface area contributed by atoms with E-state index < -0.39 is 0 Å². The molecule has 0 saturated heterocycles. The molecular formula is C13H12N4O2. The first kappa shape index (κ1) is 11.5. The van der Waals surface area contributed by atoms with Crippen LogP contribution in [0.25, 0.3) is 16.7 Å². The Bertz CT molecular complexity index is 804. The van der Waals surface area contributed by atoms with E-state index in [1.165, 1.54) is 6.20 Å². The van der Waals surface area contributed by atoms with Gasteiger partial charge in [0, 0.05) is 0 Å². The molecule has 1 aromatic carbocycles. The van der Waals surface area contributed by atoms with E-state index >= 15 is 0 Å². The maximum Gasteiger partial charge on any atom is 0.262 e. The van der Waals surface area contributed by atoms with Crippen molar-refractivity contribution >= 4 is 11.0 Å². The molecule has 0 fully saturated rings. The van der Waals surface area contributed by atoms with E-state index in [0.29, 0.717) is 22.6 Å². The number of aromatic nitrogens is 4. The number of hydrogen-bond acceptors (Lipinski definition) is 4. The fourth-order valence-corrected chi connectivity index (χ4v) is 2.01. The molecule has 0 spiro atoms. The summed E-state index contributed by atoms with van der Waals surface area (Å²) in [7, 11) is 1.59. The molecule has 0 atom stereocenters. The number of aromatic amines is 1. The van der Waals surface area contributed by atoms with Crippen molar-refractivity contribution in [2.45, 2.75) is 6.92 Å². The Balaban J connectivity index is 2.35. The molecule has 0 aliphatic heterocycles. The van der Waals surface area contributed by atoms with Crippen molar-refractivity contribution in [3.05, 3.63) is 46.6 Å². The van der Waals surface area contributed by atoms with Crippen molar-refractivity contribution in [1.82, 2.24) is 19.7 Å². The van der Waals surface area contributed by atoms with Gasteiger partial charge in [-0.15, -0.1) is 0 Å². The largest absolute Gasteiger partial charge is 0.494 e. The highest BCUT2D eigenvalue weighted by atomic mass is 16.5. The Hall–Kier alpha value is -2.63. The fourth-order valence-electron chi connectivity index (χ4n) is 2.01. The first-order chi connectivity index (χ1) is 9.20. The van der Waals surface area contributed by atoms with Crippen LogP contribution in [0.4, 0.5) is 0 Å². The molecule has 2 heterocycles. The third kappa shape index (κ3) is 1.77. The Morgan fingerprint density at radius 2 is 2.11 bits per heavy atom. The number of benzene rings is 1. The molecule has 3 aromatic rings. The lowest BCUT2D eigenvalue weighted by molar-refractivity contribution is 0.412. The number of ether oxygens (including phenoxy) is 1. The molecule has 6 nitrogen and oxygen atoms in total. The minimum atomic E-state index is -0.191. The number of nitrogens with zero attached hydrogens (tertiary/aromatic N) is 3. The van der Waals surface area contributed by atoms with Crippen LogP contribution in [0.1, 0.15) is 5.82 Å². The predicted molar refractivity (Wildman–Crippen MR) is 70.8 cm³/mol. The van der Waals surface area contributed by atoms with Crippen molar-refractivity contribution < 1.29 is 4.74 Å². The summed E-state index contributed by atoms with van der Waals surface area (Å²) in [5.41, 5.74) is 1.08. The molecule has 1 N–H and O–H groups in total. The molecule has 96 valence electrons. The van der Waals surface area contributed by atoms with Crippen LogP contribution in [-0.4, -0.2) is 26.9 Å². The Labute approximate surface area is 108 Å². The first-order valence-corrected chi connectivity index (χ1v) is 5.79. The normalized spacial score (nSPS) is 10.8. The molecule has 3 rings (SSSR count). The Kier molecular flexibility index (Phi) is 2.56. The number of hydrogen-bond donors (Lipinski definition) is 1. The highest BCUT2D eigenvalue weighted by Gasteiger charge is 2.12. The van der Waals surface area contributed by atoms with Crippen molar-refractivity contribution in [3.8, 4) is 11.4 Å². The third-order valence-corrected chi connectivity index (χ3v) is 2.87. The number of nitrogens with one attached hydrogen (secondary N) is 1. The van der Waals surface area contributed by atoms with E-state index in [0.717, 1.165) is 5.69 Å². The topological polar surface area (TPSA) is 72.8 Å². The Morgan fingerprint density at radius 1 is 1.32 bits per heavy atom. The molecule has 0 bridgehead atoms. The van der Waals surface area contributed by atoms with E-state index in [9.17, 15) is 4.79 Å². The summed E-state index contributed by atoms with van der Waals surface area (Å²) in [5.74, 6) is 1.22. The lowest BCUT2D eigenvalue weighted by Crippen LogP contribution is -2.10. The van der Waals surface area contributed by atoms with Gasteiger partial charge < -0.3 is 9.72 Å². The van der Waals surface area contributed by atoms with Crippen molar-refractivity contribution in [1.29, 1.82) is 0 Å². The monoisotopic (exact) mass is 256 g/mol. The summed E-state index contributed by atoms with van der Waals surface area (Å²) in [6, 6.07) is 7.46. The summed E-state index contributed by atoms with van der Waals surface area (Å²) in [6.45, 7) is 1.74. The van der Waals surface area contributed by atoms with Crippen LogP contribution in [0.3, 0.4) is 0 Å². The smallest absolute Gasteiger partial charge is 0.262 e. The predicted octanol–water partition coefficient (Wildman–Crippen LogP) is 1.43. The minimum absolute atomic E-state index is 0.191. The third-order valence-electron chi connectivity index (χ3n) is 2.87. The number of rotatable bonds is 2. The van der Waals surface area contributed by atoms with Crippen molar-refractivity contribution in [2.75, 3.05) is 7.11 Å². The number of para-hydroxylation sites is 2. The van der Waals surface area contributed by atoms with Crippen LogP contribution < -0.4 is 10.3 Å². The number of H-pyrrole nitrogens is 1. The van der Waals surface area contributed by atoms with Gasteiger partial charge in [-0.1, -0.05) is 12.1 Å². The van der Waals surface area contributed by atoms with Gasteiger partial charge in [-0.2, -0.15) is 5.10 Å². The van der Waals surface area contributed by atoms with E-state index in [1.54, 1.807) is 18.7 Å². The average Bonchev–Trinajstić information content (AvgIpc) is 2.82. The van der Waals surface area contributed by atoms with Crippen LogP contribution in [0, 0.1) is 6.92 Å². The second-order valence-electron chi connectivity index (χ2n) is 4.12. The summed E-state index contributed by atoms with van der Waals surface area (Å²) in [4.78, 5) is 18.8. The van der Waals surface area contributed by atoms with Gasteiger partial charge in [-0.05, 0) is 19.1 Å². The standard InChI is InChI=1S/C13H12N4O2/c1-8-15-12-9(13(18)16-8)7-14-17(12)10-5-3-4-6-11(10)19-2/h3-7H,1-2H3,(H,15,16,18). The summed E-state index contributed by atoms with van der Waals surface area (Å²) in [6.07, 6.45) is 1.51. The van der Waals surface area contributed by atoms with Crippen LogP contribution >= 0.6 is 0 Å². The van der Waals surface area contributed by atoms with Gasteiger partial charge in [-0.25, -0.2) is 9.67 Å². The number of fused-ring (bicyclic) bond motifs is 1. The van der Waals surface area contributed by atoms with Gasteiger partial charge in [0.25, 0.3) is 5.56 Å². The van der Waals surface area contributed by atoms with Gasteiger partial charge in [0.1, 0.15) is 22.6 Å². The average molecular weight is 256 g/mol. The SMILES string of the molecule is COc1ccccc1-n1ncc2c(=O)[nH]c(C)nc21. The summed E-state index contributed by atoms with van der Waals surface area (Å²) < 4.78 is 6.91. The van der Waals surface area contributed by atoms with E-state index in [2.05, 4.69) is 15.1 Å². The molecule has 19 heavy (non-hydrogen) atoms. The van der Waals surface area contributed by atoms with Gasteiger partial charge in [-0.3, -0.25) is 4.79 Å². The first-order valence-electron chi connectivity index (χ1n) is 5.79. The molecule has 0 amide bonds.